The Morgan fingerprint density at radius 3 is 2.58 bits per heavy atom. The van der Waals surface area contributed by atoms with Crippen LogP contribution in [0.15, 0.2) is 12.1 Å². The molecule has 0 spiro atoms. The predicted molar refractivity (Wildman–Crippen MR) is 97.6 cm³/mol. The lowest BCUT2D eigenvalue weighted by Crippen LogP contribution is -2.47. The van der Waals surface area contributed by atoms with Crippen LogP contribution in [0.25, 0.3) is 10.9 Å². The first kappa shape index (κ1) is 15.7. The van der Waals surface area contributed by atoms with E-state index in [1.54, 1.807) is 0 Å². The molecular weight excluding hydrogens is 298 g/mol. The van der Waals surface area contributed by atoms with E-state index in [9.17, 15) is 4.79 Å². The molecule has 128 valence electrons. The van der Waals surface area contributed by atoms with E-state index >= 15 is 0 Å². The Morgan fingerprint density at radius 1 is 1.08 bits per heavy atom. The number of likely N-dealkylation sites (N-methyl/N-ethyl adjacent to an activating group) is 1. The van der Waals surface area contributed by atoms with Crippen LogP contribution in [0.3, 0.4) is 0 Å². The normalized spacial score (nSPS) is 24.6. The molecule has 3 fully saturated rings. The minimum absolute atomic E-state index is 0.188. The zero-order valence-electron chi connectivity index (χ0n) is 15.1. The van der Waals surface area contributed by atoms with Crippen molar-refractivity contribution < 1.29 is 4.79 Å². The van der Waals surface area contributed by atoms with Gasteiger partial charge in [-0.3, -0.25) is 4.79 Å². The maximum atomic E-state index is 13.3. The van der Waals surface area contributed by atoms with Crippen LogP contribution < -0.4 is 0 Å². The Kier molecular flexibility index (Phi) is 3.68. The number of fused-ring (bicyclic) bond motifs is 5. The molecule has 1 N–H and O–H groups in total. The van der Waals surface area contributed by atoms with Gasteiger partial charge in [-0.25, -0.2) is 0 Å². The van der Waals surface area contributed by atoms with Crippen LogP contribution in [0.5, 0.6) is 0 Å². The van der Waals surface area contributed by atoms with Crippen molar-refractivity contribution in [1.82, 2.24) is 14.8 Å². The average molecular weight is 325 g/mol. The number of benzene rings is 1. The first-order valence-corrected chi connectivity index (χ1v) is 9.03. The van der Waals surface area contributed by atoms with Crippen LogP contribution in [0.2, 0.25) is 0 Å². The number of H-pyrrole nitrogens is 1. The number of hydrogen-bond donors (Lipinski definition) is 1. The Morgan fingerprint density at radius 2 is 1.83 bits per heavy atom. The number of nitrogens with one attached hydrogen (secondary N) is 1. The van der Waals surface area contributed by atoms with Gasteiger partial charge >= 0.3 is 0 Å². The van der Waals surface area contributed by atoms with Crippen molar-refractivity contribution >= 4 is 16.8 Å². The zero-order valence-corrected chi connectivity index (χ0v) is 15.1. The first-order valence-electron chi connectivity index (χ1n) is 9.03. The summed E-state index contributed by atoms with van der Waals surface area (Å²) in [6.45, 7) is 9.33. The third-order valence-corrected chi connectivity index (χ3v) is 5.99. The molecule has 2 atom stereocenters. The number of aromatic amines is 1. The highest BCUT2D eigenvalue weighted by atomic mass is 16.2. The monoisotopic (exact) mass is 325 g/mol. The molecule has 2 aromatic rings. The van der Waals surface area contributed by atoms with Gasteiger partial charge in [0.25, 0.3) is 5.91 Å². The molecule has 1 aromatic heterocycles. The summed E-state index contributed by atoms with van der Waals surface area (Å²) >= 11 is 0. The van der Waals surface area contributed by atoms with Crippen molar-refractivity contribution in [3.8, 4) is 0 Å². The second-order valence-corrected chi connectivity index (χ2v) is 7.85. The second-order valence-electron chi connectivity index (χ2n) is 7.85. The SMILES string of the molecule is Cc1ccc(C)c2c(C)c(C(=O)N3C[C@@H]4CC[C@H]3CN(C)C4)[nH]c12. The Hall–Kier alpha value is -1.81. The van der Waals surface area contributed by atoms with Crippen LogP contribution in [-0.4, -0.2) is 53.4 Å². The fraction of sp³-hybridized carbons (Fsp3) is 0.550. The van der Waals surface area contributed by atoms with Crippen molar-refractivity contribution in [1.29, 1.82) is 0 Å². The highest BCUT2D eigenvalue weighted by Crippen LogP contribution is 2.32. The number of rotatable bonds is 1. The van der Waals surface area contributed by atoms with Crippen LogP contribution >= 0.6 is 0 Å². The molecule has 3 aliphatic heterocycles. The molecule has 4 heterocycles. The molecule has 0 saturated carbocycles. The minimum atomic E-state index is 0.188. The topological polar surface area (TPSA) is 39.3 Å². The highest BCUT2D eigenvalue weighted by Gasteiger charge is 2.37. The van der Waals surface area contributed by atoms with Gasteiger partial charge < -0.3 is 14.8 Å². The van der Waals surface area contributed by atoms with E-state index in [2.05, 4.69) is 54.7 Å². The smallest absolute Gasteiger partial charge is 0.270 e. The summed E-state index contributed by atoms with van der Waals surface area (Å²) in [6, 6.07) is 4.63. The van der Waals surface area contributed by atoms with Crippen molar-refractivity contribution in [2.75, 3.05) is 26.7 Å². The number of aryl methyl sites for hydroxylation is 3. The number of hydrogen-bond acceptors (Lipinski definition) is 2. The van der Waals surface area contributed by atoms with E-state index in [-0.39, 0.29) is 5.91 Å². The van der Waals surface area contributed by atoms with Gasteiger partial charge in [-0.1, -0.05) is 12.1 Å². The molecule has 4 heteroatoms. The van der Waals surface area contributed by atoms with Gasteiger partial charge in [-0.2, -0.15) is 0 Å². The summed E-state index contributed by atoms with van der Waals surface area (Å²) < 4.78 is 0. The molecule has 0 aliphatic carbocycles. The number of aromatic nitrogens is 1. The molecule has 3 aliphatic rings. The van der Waals surface area contributed by atoms with E-state index in [0.717, 1.165) is 42.8 Å². The molecule has 1 amide bonds. The molecule has 0 radical (unpaired) electrons. The van der Waals surface area contributed by atoms with E-state index in [4.69, 9.17) is 0 Å². The predicted octanol–water partition coefficient (Wildman–Crippen LogP) is 3.26. The van der Waals surface area contributed by atoms with Crippen LogP contribution in [0.4, 0.5) is 0 Å². The van der Waals surface area contributed by atoms with E-state index in [1.165, 1.54) is 22.9 Å². The fourth-order valence-electron chi connectivity index (χ4n) is 4.72. The fourth-order valence-corrected chi connectivity index (χ4v) is 4.72. The van der Waals surface area contributed by atoms with Crippen LogP contribution in [-0.2, 0) is 0 Å². The van der Waals surface area contributed by atoms with Gasteiger partial charge in [-0.05, 0) is 63.3 Å². The largest absolute Gasteiger partial charge is 0.350 e. The lowest BCUT2D eigenvalue weighted by molar-refractivity contribution is 0.0581. The van der Waals surface area contributed by atoms with E-state index in [0.29, 0.717) is 12.0 Å². The summed E-state index contributed by atoms with van der Waals surface area (Å²) in [5.74, 6) is 0.804. The van der Waals surface area contributed by atoms with Crippen LogP contribution in [0.1, 0.15) is 40.0 Å². The summed E-state index contributed by atoms with van der Waals surface area (Å²) in [5, 5.41) is 1.22. The molecule has 24 heavy (non-hydrogen) atoms. The van der Waals surface area contributed by atoms with E-state index in [1.807, 2.05) is 0 Å². The molecule has 2 bridgehead atoms. The number of carbonyl (C=O) groups excluding carboxylic acids is 1. The first-order chi connectivity index (χ1) is 11.5. The standard InChI is InChI=1S/C20H27N3O/c1-12-5-6-13(2)18-17(12)14(3)19(21-18)20(24)23-10-15-7-8-16(23)11-22(4)9-15/h5-6,15-16,21H,7-11H2,1-4H3/t15-,16+/m1/s1. The highest BCUT2D eigenvalue weighted by molar-refractivity contribution is 6.02. The zero-order chi connectivity index (χ0) is 17.0. The molecular formula is C20H27N3O. The van der Waals surface area contributed by atoms with Gasteiger partial charge in [0, 0.05) is 36.6 Å². The van der Waals surface area contributed by atoms with Crippen molar-refractivity contribution in [3.05, 3.63) is 34.5 Å². The summed E-state index contributed by atoms with van der Waals surface area (Å²) in [4.78, 5) is 21.3. The Balaban J connectivity index is 1.75. The molecule has 5 rings (SSSR count). The van der Waals surface area contributed by atoms with Crippen molar-refractivity contribution in [2.45, 2.75) is 39.7 Å². The van der Waals surface area contributed by atoms with Crippen molar-refractivity contribution in [2.24, 2.45) is 5.92 Å². The molecule has 3 saturated heterocycles. The lowest BCUT2D eigenvalue weighted by Gasteiger charge is -2.36. The van der Waals surface area contributed by atoms with E-state index < -0.39 is 0 Å². The number of nitrogens with zero attached hydrogens (tertiary/aromatic N) is 2. The van der Waals surface area contributed by atoms with Gasteiger partial charge in [0.1, 0.15) is 5.69 Å². The van der Waals surface area contributed by atoms with Crippen molar-refractivity contribution in [3.63, 3.8) is 0 Å². The van der Waals surface area contributed by atoms with Gasteiger partial charge in [0.05, 0.1) is 0 Å². The maximum Gasteiger partial charge on any atom is 0.270 e. The lowest BCUT2D eigenvalue weighted by atomic mass is 9.94. The third kappa shape index (κ3) is 2.35. The number of amides is 1. The number of piperidine rings is 1. The summed E-state index contributed by atoms with van der Waals surface area (Å²) in [7, 11) is 2.18. The number of carbonyl (C=O) groups is 1. The minimum Gasteiger partial charge on any atom is -0.350 e. The quantitative estimate of drug-likeness (QED) is 0.874. The molecule has 0 unspecified atom stereocenters. The van der Waals surface area contributed by atoms with Gasteiger partial charge in [0.2, 0.25) is 0 Å². The summed E-state index contributed by atoms with van der Waals surface area (Å²) in [5.41, 5.74) is 5.45. The molecule has 1 aromatic carbocycles. The average Bonchev–Trinajstić information content (AvgIpc) is 2.70. The molecule has 4 nitrogen and oxygen atoms in total. The third-order valence-electron chi connectivity index (χ3n) is 5.99. The van der Waals surface area contributed by atoms with Gasteiger partial charge in [0.15, 0.2) is 0 Å². The Bertz CT molecular complexity index is 807. The summed E-state index contributed by atoms with van der Waals surface area (Å²) in [6.07, 6.45) is 2.39. The Labute approximate surface area is 143 Å². The second kappa shape index (κ2) is 5.62. The maximum absolute atomic E-state index is 13.3. The van der Waals surface area contributed by atoms with Crippen LogP contribution in [0, 0.1) is 26.7 Å². The van der Waals surface area contributed by atoms with Gasteiger partial charge in [-0.15, -0.1) is 0 Å².